The molecule has 0 aliphatic rings. The molecule has 0 aliphatic heterocycles. The molecule has 5 rings (SSSR count). The quantitative estimate of drug-likeness (QED) is 0.389. The van der Waals surface area contributed by atoms with Crippen molar-refractivity contribution in [2.75, 3.05) is 0 Å². The highest BCUT2D eigenvalue weighted by molar-refractivity contribution is 6.08. The molecule has 0 N–H and O–H groups in total. The third-order valence-electron chi connectivity index (χ3n) is 5.30. The van der Waals surface area contributed by atoms with Crippen LogP contribution in [0.5, 0.6) is 0 Å². The predicted octanol–water partition coefficient (Wildman–Crippen LogP) is 5.56. The fourth-order valence-electron chi connectivity index (χ4n) is 3.95. The number of aromatic nitrogens is 2. The topological polar surface area (TPSA) is 21.9 Å². The Morgan fingerprint density at radius 1 is 0.889 bits per heavy atom. The van der Waals surface area contributed by atoms with Gasteiger partial charge in [0.15, 0.2) is 0 Å². The summed E-state index contributed by atoms with van der Waals surface area (Å²) in [4.78, 5) is 0. The molecule has 132 valence electrons. The summed E-state index contributed by atoms with van der Waals surface area (Å²) in [5, 5.41) is 2.60. The minimum absolute atomic E-state index is 0.840. The van der Waals surface area contributed by atoms with Gasteiger partial charge in [0.1, 0.15) is 7.05 Å². The maximum Gasteiger partial charge on any atom is 0.373 e. The highest BCUT2D eigenvalue weighted by atomic mass is 16.3. The van der Waals surface area contributed by atoms with Crippen LogP contribution in [-0.4, -0.2) is 4.57 Å². The lowest BCUT2D eigenvalue weighted by Gasteiger charge is -2.02. The molecule has 0 radical (unpaired) electrons. The van der Waals surface area contributed by atoms with Gasteiger partial charge in [0.05, 0.1) is 6.08 Å². The van der Waals surface area contributed by atoms with Crippen LogP contribution in [0.25, 0.3) is 45.1 Å². The van der Waals surface area contributed by atoms with Crippen LogP contribution in [0, 0.1) is 0 Å². The van der Waals surface area contributed by atoms with Gasteiger partial charge in [0, 0.05) is 34.4 Å². The number of nitrogens with zero attached hydrogens (tertiary/aromatic N) is 2. The molecule has 0 unspecified atom stereocenters. The molecule has 0 saturated carbocycles. The first-order chi connectivity index (χ1) is 13.3. The van der Waals surface area contributed by atoms with E-state index in [1.807, 2.05) is 31.3 Å². The minimum Gasteiger partial charge on any atom is -0.398 e. The molecule has 5 aromatic rings. The summed E-state index contributed by atoms with van der Waals surface area (Å²) in [6, 6.07) is 23.4. The van der Waals surface area contributed by atoms with Gasteiger partial charge in [-0.25, -0.2) is 0 Å². The first-order valence-electron chi connectivity index (χ1n) is 9.33. The molecule has 2 heterocycles. The molecule has 2 aromatic heterocycles. The van der Waals surface area contributed by atoms with Crippen molar-refractivity contribution in [2.45, 2.75) is 13.5 Å². The predicted molar refractivity (Wildman–Crippen MR) is 111 cm³/mol. The average molecular weight is 353 g/mol. The Balaban J connectivity index is 1.62. The van der Waals surface area contributed by atoms with Crippen LogP contribution in [0.2, 0.25) is 0 Å². The van der Waals surface area contributed by atoms with Crippen molar-refractivity contribution in [2.24, 2.45) is 7.05 Å². The van der Waals surface area contributed by atoms with Crippen LogP contribution < -0.4 is 4.57 Å². The fraction of sp³-hybridized carbons (Fsp3) is 0.125. The Morgan fingerprint density at radius 3 is 2.52 bits per heavy atom. The Kier molecular flexibility index (Phi) is 3.61. The van der Waals surface area contributed by atoms with Crippen LogP contribution >= 0.6 is 0 Å². The summed E-state index contributed by atoms with van der Waals surface area (Å²) in [6.07, 6.45) is 4.16. The third-order valence-corrected chi connectivity index (χ3v) is 5.30. The maximum absolute atomic E-state index is 5.97. The Labute approximate surface area is 157 Å². The highest BCUT2D eigenvalue weighted by Crippen LogP contribution is 2.30. The lowest BCUT2D eigenvalue weighted by atomic mass is 10.1. The molecule has 27 heavy (non-hydrogen) atoms. The van der Waals surface area contributed by atoms with Crippen molar-refractivity contribution in [1.29, 1.82) is 0 Å². The lowest BCUT2D eigenvalue weighted by Crippen LogP contribution is -2.29. The van der Waals surface area contributed by atoms with E-state index in [4.69, 9.17) is 4.42 Å². The van der Waals surface area contributed by atoms with Crippen LogP contribution in [-0.2, 0) is 13.6 Å². The molecule has 3 aromatic carbocycles. The number of oxazole rings is 1. The Morgan fingerprint density at radius 2 is 1.67 bits per heavy atom. The van der Waals surface area contributed by atoms with Crippen molar-refractivity contribution >= 4 is 45.1 Å². The van der Waals surface area contributed by atoms with Crippen LogP contribution in [0.4, 0.5) is 0 Å². The molecule has 0 saturated heterocycles. The van der Waals surface area contributed by atoms with Gasteiger partial charge in [-0.15, -0.1) is 0 Å². The van der Waals surface area contributed by atoms with E-state index in [0.29, 0.717) is 0 Å². The van der Waals surface area contributed by atoms with E-state index in [1.54, 1.807) is 0 Å². The Hall–Kier alpha value is -3.33. The van der Waals surface area contributed by atoms with E-state index in [9.17, 15) is 0 Å². The van der Waals surface area contributed by atoms with Gasteiger partial charge in [-0.3, -0.25) is 0 Å². The van der Waals surface area contributed by atoms with E-state index in [0.717, 1.165) is 23.5 Å². The van der Waals surface area contributed by atoms with E-state index >= 15 is 0 Å². The summed E-state index contributed by atoms with van der Waals surface area (Å²) in [5.41, 5.74) is 5.74. The summed E-state index contributed by atoms with van der Waals surface area (Å²) in [7, 11) is 2.03. The average Bonchev–Trinajstić information content (AvgIpc) is 3.21. The Bertz CT molecular complexity index is 1320. The monoisotopic (exact) mass is 353 g/mol. The number of benzene rings is 3. The van der Waals surface area contributed by atoms with Gasteiger partial charge in [-0.1, -0.05) is 36.4 Å². The highest BCUT2D eigenvalue weighted by Gasteiger charge is 2.15. The normalized spacial score (nSPS) is 12.1. The van der Waals surface area contributed by atoms with E-state index < -0.39 is 0 Å². The largest absolute Gasteiger partial charge is 0.398 e. The molecular weight excluding hydrogens is 332 g/mol. The maximum atomic E-state index is 5.97. The molecule has 0 fully saturated rings. The van der Waals surface area contributed by atoms with Gasteiger partial charge < -0.3 is 8.98 Å². The molecule has 3 heteroatoms. The van der Waals surface area contributed by atoms with E-state index in [2.05, 4.69) is 70.7 Å². The van der Waals surface area contributed by atoms with E-state index in [1.165, 1.54) is 27.4 Å². The number of fused-ring (bicyclic) bond motifs is 4. The van der Waals surface area contributed by atoms with Crippen molar-refractivity contribution in [3.63, 3.8) is 0 Å². The molecule has 3 nitrogen and oxygen atoms in total. The van der Waals surface area contributed by atoms with Gasteiger partial charge in [0.25, 0.3) is 5.52 Å². The van der Waals surface area contributed by atoms with Crippen molar-refractivity contribution in [1.82, 2.24) is 4.57 Å². The van der Waals surface area contributed by atoms with Crippen LogP contribution in [0.3, 0.4) is 0 Å². The number of para-hydroxylation sites is 3. The fourth-order valence-corrected chi connectivity index (χ4v) is 3.95. The third kappa shape index (κ3) is 2.47. The number of rotatable bonds is 3. The second kappa shape index (κ2) is 6.13. The first-order valence-corrected chi connectivity index (χ1v) is 9.33. The zero-order valence-corrected chi connectivity index (χ0v) is 15.5. The standard InChI is InChI=1S/C24H21N2O/c1-3-26-20-9-5-4-8-18(20)19-16-17(12-14-21(19)26)13-15-24-25(2)22-10-6-7-11-23(22)27-24/h4-16H,3H2,1-2H3/q+1. The summed E-state index contributed by atoms with van der Waals surface area (Å²) in [6.45, 7) is 3.16. The minimum atomic E-state index is 0.840. The molecule has 0 spiro atoms. The zero-order chi connectivity index (χ0) is 18.4. The summed E-state index contributed by atoms with van der Waals surface area (Å²) < 4.78 is 10.4. The van der Waals surface area contributed by atoms with Gasteiger partial charge in [-0.05, 0) is 42.8 Å². The lowest BCUT2D eigenvalue weighted by molar-refractivity contribution is -0.651. The van der Waals surface area contributed by atoms with Gasteiger partial charge in [-0.2, -0.15) is 4.57 Å². The second-order valence-electron chi connectivity index (χ2n) is 6.84. The van der Waals surface area contributed by atoms with Gasteiger partial charge in [0.2, 0.25) is 5.58 Å². The van der Waals surface area contributed by atoms with E-state index in [-0.39, 0.29) is 0 Å². The smallest absolute Gasteiger partial charge is 0.373 e. The molecule has 0 amide bonds. The van der Waals surface area contributed by atoms with Crippen LogP contribution in [0.1, 0.15) is 18.4 Å². The summed E-state index contributed by atoms with van der Waals surface area (Å²) >= 11 is 0. The van der Waals surface area contributed by atoms with Crippen molar-refractivity contribution < 1.29 is 8.98 Å². The first kappa shape index (κ1) is 15.9. The number of aryl methyl sites for hydroxylation is 2. The van der Waals surface area contributed by atoms with Gasteiger partial charge >= 0.3 is 5.89 Å². The van der Waals surface area contributed by atoms with Crippen LogP contribution in [0.15, 0.2) is 71.1 Å². The molecule has 0 atom stereocenters. The number of hydrogen-bond donors (Lipinski definition) is 0. The zero-order valence-electron chi connectivity index (χ0n) is 15.5. The van der Waals surface area contributed by atoms with Crippen molar-refractivity contribution in [3.05, 3.63) is 78.2 Å². The summed E-state index contributed by atoms with van der Waals surface area (Å²) in [5.74, 6) is 0.840. The number of hydrogen-bond acceptors (Lipinski definition) is 1. The molecular formula is C24H21N2O+. The van der Waals surface area contributed by atoms with Crippen molar-refractivity contribution in [3.8, 4) is 0 Å². The molecule has 0 aliphatic carbocycles. The molecule has 0 bridgehead atoms. The second-order valence-corrected chi connectivity index (χ2v) is 6.84. The SMILES string of the molecule is CCn1c2ccccc2c2cc(/C=C/c3oc4ccccc4[n+]3C)ccc21.